The van der Waals surface area contributed by atoms with Gasteiger partial charge in [-0.3, -0.25) is 9.59 Å². The third kappa shape index (κ3) is 1.79. The quantitative estimate of drug-likeness (QED) is 0.779. The lowest BCUT2D eigenvalue weighted by molar-refractivity contribution is -0.127. The van der Waals surface area contributed by atoms with Crippen molar-refractivity contribution < 1.29 is 9.59 Å². The van der Waals surface area contributed by atoms with Gasteiger partial charge in [0.2, 0.25) is 0 Å². The largest absolute Gasteiger partial charge is 0.294 e. The summed E-state index contributed by atoms with van der Waals surface area (Å²) in [5.41, 5.74) is 3.65. The molecule has 3 rings (SSSR count). The van der Waals surface area contributed by atoms with Crippen molar-refractivity contribution in [2.45, 2.75) is 52.9 Å². The lowest BCUT2D eigenvalue weighted by Crippen LogP contribution is -2.51. The monoisotopic (exact) mass is 296 g/mol. The normalized spacial score (nSPS) is 29.2. The average Bonchev–Trinajstić information content (AvgIpc) is 2.46. The molecule has 22 heavy (non-hydrogen) atoms. The maximum absolute atomic E-state index is 12.9. The van der Waals surface area contributed by atoms with Crippen LogP contribution in [0.1, 0.15) is 61.2 Å². The molecule has 0 fully saturated rings. The maximum atomic E-state index is 12.9. The molecular formula is C20H24O2. The Hall–Kier alpha value is -1.70. The molecule has 1 aromatic rings. The van der Waals surface area contributed by atoms with Crippen molar-refractivity contribution in [3.8, 4) is 0 Å². The summed E-state index contributed by atoms with van der Waals surface area (Å²) in [5, 5.41) is 0. The molecule has 0 aromatic heterocycles. The lowest BCUT2D eigenvalue weighted by Gasteiger charge is -2.50. The SMILES string of the molecule is CCc1c(C)ccc2c1C(=O)C[C@H]1C(C)(C)C(=O)C=C[C@]21C. The second kappa shape index (κ2) is 4.65. The summed E-state index contributed by atoms with van der Waals surface area (Å²) >= 11 is 0. The number of aryl methyl sites for hydroxylation is 1. The van der Waals surface area contributed by atoms with Crippen LogP contribution in [0, 0.1) is 18.3 Å². The molecule has 0 unspecified atom stereocenters. The minimum Gasteiger partial charge on any atom is -0.294 e. The Morgan fingerprint density at radius 3 is 2.50 bits per heavy atom. The molecule has 0 amide bonds. The van der Waals surface area contributed by atoms with Crippen molar-refractivity contribution in [2.75, 3.05) is 0 Å². The van der Waals surface area contributed by atoms with Gasteiger partial charge in [0.1, 0.15) is 0 Å². The molecule has 0 radical (unpaired) electrons. The number of carbonyl (C=O) groups excluding carboxylic acids is 2. The molecular weight excluding hydrogens is 272 g/mol. The van der Waals surface area contributed by atoms with Crippen molar-refractivity contribution in [2.24, 2.45) is 11.3 Å². The van der Waals surface area contributed by atoms with Crippen LogP contribution >= 0.6 is 0 Å². The Morgan fingerprint density at radius 2 is 1.86 bits per heavy atom. The predicted molar refractivity (Wildman–Crippen MR) is 88.3 cm³/mol. The zero-order chi connectivity index (χ0) is 16.3. The molecule has 2 aliphatic rings. The standard InChI is InChI=1S/C20H24O2/c1-6-13-12(2)7-8-14-18(13)15(21)11-16-19(3,4)17(22)9-10-20(14,16)5/h7-10,16H,6,11H2,1-5H3/t16-,20+/m0/s1. The summed E-state index contributed by atoms with van der Waals surface area (Å²) < 4.78 is 0. The van der Waals surface area contributed by atoms with E-state index < -0.39 is 5.41 Å². The van der Waals surface area contributed by atoms with E-state index in [0.29, 0.717) is 6.42 Å². The first kappa shape index (κ1) is 15.2. The summed E-state index contributed by atoms with van der Waals surface area (Å²) in [7, 11) is 0. The molecule has 116 valence electrons. The van der Waals surface area contributed by atoms with Gasteiger partial charge in [-0.05, 0) is 42.0 Å². The van der Waals surface area contributed by atoms with Crippen LogP contribution in [0.2, 0.25) is 0 Å². The Labute approximate surface area is 132 Å². The van der Waals surface area contributed by atoms with E-state index in [0.717, 1.165) is 17.5 Å². The highest BCUT2D eigenvalue weighted by molar-refractivity contribution is 6.04. The summed E-state index contributed by atoms with van der Waals surface area (Å²) in [6, 6.07) is 4.22. The number of hydrogen-bond donors (Lipinski definition) is 0. The first-order valence-corrected chi connectivity index (χ1v) is 8.13. The fourth-order valence-corrected chi connectivity index (χ4v) is 4.51. The van der Waals surface area contributed by atoms with Crippen LogP contribution in [0.15, 0.2) is 24.3 Å². The molecule has 2 atom stereocenters. The van der Waals surface area contributed by atoms with Crippen molar-refractivity contribution in [3.05, 3.63) is 46.5 Å². The predicted octanol–water partition coefficient (Wildman–Crippen LogP) is 4.18. The van der Waals surface area contributed by atoms with Crippen LogP contribution in [0.4, 0.5) is 0 Å². The van der Waals surface area contributed by atoms with Gasteiger partial charge < -0.3 is 0 Å². The number of Topliss-reactive ketones (excluding diaryl/α,β-unsaturated/α-hetero) is 1. The van der Waals surface area contributed by atoms with E-state index in [1.54, 1.807) is 6.08 Å². The van der Waals surface area contributed by atoms with E-state index in [9.17, 15) is 9.59 Å². The van der Waals surface area contributed by atoms with Crippen LogP contribution in [-0.4, -0.2) is 11.6 Å². The van der Waals surface area contributed by atoms with Crippen LogP contribution < -0.4 is 0 Å². The second-order valence-electron chi connectivity index (χ2n) is 7.52. The highest BCUT2D eigenvalue weighted by Gasteiger charge is 2.53. The third-order valence-electron chi connectivity index (χ3n) is 5.96. The number of carbonyl (C=O) groups is 2. The molecule has 0 saturated carbocycles. The molecule has 2 nitrogen and oxygen atoms in total. The lowest BCUT2D eigenvalue weighted by atomic mass is 9.52. The third-order valence-corrected chi connectivity index (χ3v) is 5.96. The first-order valence-electron chi connectivity index (χ1n) is 8.13. The zero-order valence-electron chi connectivity index (χ0n) is 14.1. The van der Waals surface area contributed by atoms with E-state index in [-0.39, 0.29) is 22.9 Å². The Kier molecular flexibility index (Phi) is 3.21. The number of allylic oxidation sites excluding steroid dienone is 2. The van der Waals surface area contributed by atoms with Crippen molar-refractivity contribution in [1.29, 1.82) is 0 Å². The molecule has 0 aliphatic heterocycles. The van der Waals surface area contributed by atoms with Gasteiger partial charge in [0, 0.05) is 22.8 Å². The number of fused-ring (bicyclic) bond motifs is 3. The van der Waals surface area contributed by atoms with Crippen molar-refractivity contribution in [1.82, 2.24) is 0 Å². The summed E-state index contributed by atoms with van der Waals surface area (Å²) in [5.74, 6) is 0.369. The number of hydrogen-bond acceptors (Lipinski definition) is 2. The first-order chi connectivity index (χ1) is 10.2. The van der Waals surface area contributed by atoms with Crippen LogP contribution in [0.5, 0.6) is 0 Å². The smallest absolute Gasteiger partial charge is 0.163 e. The maximum Gasteiger partial charge on any atom is 0.163 e. The molecule has 1 aromatic carbocycles. The number of benzene rings is 1. The molecule has 0 spiro atoms. The molecule has 2 aliphatic carbocycles. The van der Waals surface area contributed by atoms with E-state index in [1.165, 1.54) is 11.1 Å². The minimum absolute atomic E-state index is 0.0323. The number of rotatable bonds is 1. The van der Waals surface area contributed by atoms with Gasteiger partial charge in [0.15, 0.2) is 11.6 Å². The topological polar surface area (TPSA) is 34.1 Å². The van der Waals surface area contributed by atoms with Gasteiger partial charge in [0.05, 0.1) is 0 Å². The Bertz CT molecular complexity index is 709. The molecule has 2 heteroatoms. The van der Waals surface area contributed by atoms with Crippen LogP contribution in [0.25, 0.3) is 0 Å². The van der Waals surface area contributed by atoms with E-state index in [1.807, 2.05) is 19.9 Å². The van der Waals surface area contributed by atoms with Gasteiger partial charge in [0.25, 0.3) is 0 Å². The highest BCUT2D eigenvalue weighted by atomic mass is 16.1. The van der Waals surface area contributed by atoms with Gasteiger partial charge in [-0.2, -0.15) is 0 Å². The molecule has 0 saturated heterocycles. The zero-order valence-corrected chi connectivity index (χ0v) is 14.1. The Balaban J connectivity index is 2.32. The van der Waals surface area contributed by atoms with E-state index >= 15 is 0 Å². The summed E-state index contributed by atoms with van der Waals surface area (Å²) in [6.07, 6.45) is 5.09. The number of ketones is 2. The van der Waals surface area contributed by atoms with Crippen molar-refractivity contribution >= 4 is 11.6 Å². The summed E-state index contributed by atoms with van der Waals surface area (Å²) in [6.45, 7) is 10.3. The van der Waals surface area contributed by atoms with Gasteiger partial charge >= 0.3 is 0 Å². The van der Waals surface area contributed by atoms with E-state index in [2.05, 4.69) is 32.9 Å². The Morgan fingerprint density at radius 1 is 1.18 bits per heavy atom. The fraction of sp³-hybridized carbons (Fsp3) is 0.500. The van der Waals surface area contributed by atoms with Gasteiger partial charge in [-0.15, -0.1) is 0 Å². The van der Waals surface area contributed by atoms with Crippen molar-refractivity contribution in [3.63, 3.8) is 0 Å². The molecule has 0 bridgehead atoms. The van der Waals surface area contributed by atoms with Crippen LogP contribution in [0.3, 0.4) is 0 Å². The van der Waals surface area contributed by atoms with Gasteiger partial charge in [-0.25, -0.2) is 0 Å². The minimum atomic E-state index is -0.492. The average molecular weight is 296 g/mol. The fourth-order valence-electron chi connectivity index (χ4n) is 4.51. The second-order valence-corrected chi connectivity index (χ2v) is 7.52. The van der Waals surface area contributed by atoms with Gasteiger partial charge in [-0.1, -0.05) is 45.9 Å². The van der Waals surface area contributed by atoms with Crippen LogP contribution in [-0.2, 0) is 16.6 Å². The highest BCUT2D eigenvalue weighted by Crippen LogP contribution is 2.53. The molecule has 0 heterocycles. The summed E-state index contributed by atoms with van der Waals surface area (Å²) in [4.78, 5) is 25.2. The molecule has 0 N–H and O–H groups in total. The van der Waals surface area contributed by atoms with E-state index in [4.69, 9.17) is 0 Å².